The standard InChI is InChI=1S/C29H36F2N6O/c1-17-8-18(10-21(32)9-17)23-6-7-33-14-25(23)35-28-34-13-22-4-5-26(36(3)37(22)28)27-24(30)11-19(12-29(27,2)31)20-15-38-16-20/h4-7,11-14,17-18,20-21,26-27H,8-10,15-16,32H2,1-3H3,(H,34,35)/t17-,18+,21-,26?,27?,29?/m0/s1. The Kier molecular flexibility index (Phi) is 6.39. The van der Waals surface area contributed by atoms with Crippen molar-refractivity contribution in [1.29, 1.82) is 0 Å². The van der Waals surface area contributed by atoms with Crippen LogP contribution in [0.2, 0.25) is 0 Å². The first-order valence-corrected chi connectivity index (χ1v) is 13.5. The molecule has 7 nitrogen and oxygen atoms in total. The highest BCUT2D eigenvalue weighted by atomic mass is 19.1. The molecule has 2 aromatic heterocycles. The van der Waals surface area contributed by atoms with Crippen LogP contribution >= 0.6 is 0 Å². The van der Waals surface area contributed by atoms with Crippen LogP contribution in [0.25, 0.3) is 6.08 Å². The van der Waals surface area contributed by atoms with Crippen LogP contribution in [-0.2, 0) is 4.74 Å². The van der Waals surface area contributed by atoms with Crippen LogP contribution in [0, 0.1) is 17.8 Å². The number of likely N-dealkylation sites (N-methyl/N-ethyl adjacent to an activating group) is 1. The third-order valence-corrected chi connectivity index (χ3v) is 8.61. The van der Waals surface area contributed by atoms with E-state index >= 15 is 8.78 Å². The Morgan fingerprint density at radius 1 is 1.18 bits per heavy atom. The van der Waals surface area contributed by atoms with Crippen LogP contribution in [0.3, 0.4) is 0 Å². The molecule has 0 amide bonds. The fourth-order valence-corrected chi connectivity index (χ4v) is 6.70. The van der Waals surface area contributed by atoms with E-state index in [0.717, 1.165) is 30.6 Å². The molecule has 4 aliphatic rings. The number of nitrogens with zero attached hydrogens (tertiary/aromatic N) is 4. The molecule has 6 atom stereocenters. The molecule has 4 heterocycles. The number of hydrogen-bond donors (Lipinski definition) is 2. The van der Waals surface area contributed by atoms with Gasteiger partial charge in [0.05, 0.1) is 48.9 Å². The predicted octanol–water partition coefficient (Wildman–Crippen LogP) is 5.00. The van der Waals surface area contributed by atoms with Gasteiger partial charge in [-0.3, -0.25) is 4.98 Å². The lowest BCUT2D eigenvalue weighted by Crippen LogP contribution is -2.52. The number of fused-ring (bicyclic) bond motifs is 1. The highest BCUT2D eigenvalue weighted by molar-refractivity contribution is 5.62. The number of hydrogen-bond acceptors (Lipinski definition) is 6. The first-order valence-electron chi connectivity index (χ1n) is 13.5. The van der Waals surface area contributed by atoms with E-state index in [1.54, 1.807) is 12.3 Å². The number of pyridine rings is 1. The molecule has 0 radical (unpaired) electrons. The van der Waals surface area contributed by atoms with Crippen molar-refractivity contribution in [3.05, 3.63) is 65.5 Å². The van der Waals surface area contributed by atoms with Crippen molar-refractivity contribution < 1.29 is 13.5 Å². The van der Waals surface area contributed by atoms with E-state index in [-0.39, 0.29) is 12.0 Å². The van der Waals surface area contributed by atoms with Gasteiger partial charge in [-0.25, -0.2) is 18.4 Å². The first-order chi connectivity index (χ1) is 18.2. The lowest BCUT2D eigenvalue weighted by Gasteiger charge is -2.43. The van der Waals surface area contributed by atoms with Crippen molar-refractivity contribution in [2.45, 2.75) is 56.8 Å². The van der Waals surface area contributed by atoms with Crippen LogP contribution in [0.1, 0.15) is 50.3 Å². The van der Waals surface area contributed by atoms with Crippen molar-refractivity contribution in [2.75, 3.05) is 30.6 Å². The van der Waals surface area contributed by atoms with E-state index in [9.17, 15) is 0 Å². The summed E-state index contributed by atoms with van der Waals surface area (Å²) in [4.78, 5) is 8.99. The molecule has 3 N–H and O–H groups in total. The van der Waals surface area contributed by atoms with Crippen LogP contribution in [0.15, 0.2) is 54.3 Å². The van der Waals surface area contributed by atoms with E-state index in [2.05, 4.69) is 28.3 Å². The third kappa shape index (κ3) is 4.45. The fraction of sp³-hybridized carbons (Fsp3) is 0.517. The van der Waals surface area contributed by atoms with E-state index in [0.29, 0.717) is 36.6 Å². The van der Waals surface area contributed by atoms with Gasteiger partial charge in [0, 0.05) is 25.2 Å². The zero-order valence-corrected chi connectivity index (χ0v) is 22.1. The van der Waals surface area contributed by atoms with Crippen LogP contribution in [0.5, 0.6) is 0 Å². The molecule has 0 spiro atoms. The maximum absolute atomic E-state index is 16.1. The maximum Gasteiger partial charge on any atom is 0.227 e. The molecule has 0 aromatic carbocycles. The third-order valence-electron chi connectivity index (χ3n) is 8.61. The summed E-state index contributed by atoms with van der Waals surface area (Å²) >= 11 is 0. The number of nitrogens with two attached hydrogens (primary N) is 1. The quantitative estimate of drug-likeness (QED) is 0.575. The van der Waals surface area contributed by atoms with E-state index in [4.69, 9.17) is 10.5 Å². The van der Waals surface area contributed by atoms with Crippen molar-refractivity contribution in [3.63, 3.8) is 0 Å². The number of allylic oxidation sites excluding steroid dienone is 2. The molecule has 2 aliphatic carbocycles. The molecule has 2 fully saturated rings. The summed E-state index contributed by atoms with van der Waals surface area (Å²) in [7, 11) is 1.85. The number of imidazole rings is 1. The number of rotatable bonds is 5. The molecule has 1 saturated heterocycles. The Bertz CT molecular complexity index is 1290. The second-order valence-electron chi connectivity index (χ2n) is 11.6. The minimum Gasteiger partial charge on any atom is -0.380 e. The Hall–Kier alpha value is -3.04. The van der Waals surface area contributed by atoms with Gasteiger partial charge in [-0.15, -0.1) is 0 Å². The summed E-state index contributed by atoms with van der Waals surface area (Å²) in [6.45, 7) is 4.73. The first kappa shape index (κ1) is 25.2. The lowest BCUT2D eigenvalue weighted by atomic mass is 9.75. The summed E-state index contributed by atoms with van der Waals surface area (Å²) in [5.41, 5.74) is 8.06. The topological polar surface area (TPSA) is 81.2 Å². The van der Waals surface area contributed by atoms with Gasteiger partial charge in [-0.05, 0) is 73.5 Å². The number of ether oxygens (including phenoxy) is 1. The Balaban J connectivity index is 1.28. The summed E-state index contributed by atoms with van der Waals surface area (Å²) in [5.74, 6) is 0.0787. The Morgan fingerprint density at radius 3 is 2.71 bits per heavy atom. The zero-order valence-electron chi connectivity index (χ0n) is 22.1. The van der Waals surface area contributed by atoms with Crippen molar-refractivity contribution in [3.8, 4) is 0 Å². The second kappa shape index (κ2) is 9.61. The number of nitrogens with one attached hydrogen (secondary N) is 1. The molecule has 1 saturated carbocycles. The number of anilines is 2. The minimum absolute atomic E-state index is 0.0582. The maximum atomic E-state index is 16.1. The van der Waals surface area contributed by atoms with E-state index < -0.39 is 23.5 Å². The summed E-state index contributed by atoms with van der Waals surface area (Å²) in [6, 6.07) is 1.68. The molecule has 3 unspecified atom stereocenters. The predicted molar refractivity (Wildman–Crippen MR) is 145 cm³/mol. The molecule has 38 heavy (non-hydrogen) atoms. The summed E-state index contributed by atoms with van der Waals surface area (Å²) < 4.78 is 38.8. The minimum atomic E-state index is -1.86. The van der Waals surface area contributed by atoms with E-state index in [1.807, 2.05) is 41.3 Å². The average molecular weight is 523 g/mol. The molecule has 0 bridgehead atoms. The normalized spacial score (nSPS) is 33.3. The van der Waals surface area contributed by atoms with Crippen molar-refractivity contribution >= 4 is 17.7 Å². The molecule has 2 aromatic rings. The van der Waals surface area contributed by atoms with Crippen LogP contribution < -0.4 is 16.1 Å². The zero-order chi connectivity index (χ0) is 26.6. The number of alkyl halides is 1. The van der Waals surface area contributed by atoms with Gasteiger partial charge in [0.25, 0.3) is 0 Å². The molecule has 9 heteroatoms. The highest BCUT2D eigenvalue weighted by Crippen LogP contribution is 2.44. The monoisotopic (exact) mass is 522 g/mol. The summed E-state index contributed by atoms with van der Waals surface area (Å²) in [5, 5.41) is 5.34. The number of halogens is 2. The smallest absolute Gasteiger partial charge is 0.227 e. The van der Waals surface area contributed by atoms with Gasteiger partial charge in [0.2, 0.25) is 5.95 Å². The van der Waals surface area contributed by atoms with Crippen molar-refractivity contribution in [2.24, 2.45) is 23.5 Å². The average Bonchev–Trinajstić information content (AvgIpc) is 3.21. The fourth-order valence-electron chi connectivity index (χ4n) is 6.70. The lowest BCUT2D eigenvalue weighted by molar-refractivity contribution is -0.0134. The van der Waals surface area contributed by atoms with Crippen LogP contribution in [0.4, 0.5) is 20.4 Å². The van der Waals surface area contributed by atoms with Gasteiger partial charge in [0.15, 0.2) is 0 Å². The largest absolute Gasteiger partial charge is 0.380 e. The van der Waals surface area contributed by atoms with Crippen LogP contribution in [-0.4, -0.2) is 52.7 Å². The second-order valence-corrected chi connectivity index (χ2v) is 11.6. The molecular weight excluding hydrogens is 486 g/mol. The van der Waals surface area contributed by atoms with Gasteiger partial charge in [0.1, 0.15) is 11.5 Å². The van der Waals surface area contributed by atoms with E-state index in [1.165, 1.54) is 18.6 Å². The van der Waals surface area contributed by atoms with Gasteiger partial charge >= 0.3 is 0 Å². The number of aromatic nitrogens is 3. The van der Waals surface area contributed by atoms with Gasteiger partial charge < -0.3 is 20.8 Å². The molecule has 2 aliphatic heterocycles. The van der Waals surface area contributed by atoms with Gasteiger partial charge in [-0.1, -0.05) is 13.0 Å². The Morgan fingerprint density at radius 2 is 2.00 bits per heavy atom. The molecule has 6 rings (SSSR count). The highest BCUT2D eigenvalue weighted by Gasteiger charge is 2.47. The summed E-state index contributed by atoms with van der Waals surface area (Å²) in [6.07, 6.45) is 15.3. The molecule has 202 valence electrons. The van der Waals surface area contributed by atoms with Gasteiger partial charge in [-0.2, -0.15) is 0 Å². The SMILES string of the molecule is C[C@@H]1C[C@H](N)C[C@H](c2ccncc2Nc2ncc3n2N(C)C(C2C(F)=CC(C4COC4)=CC2(C)F)C=C3)C1. The Labute approximate surface area is 222 Å². The molecular formula is C29H36F2N6O. The van der Waals surface area contributed by atoms with Crippen molar-refractivity contribution in [1.82, 2.24) is 14.6 Å².